The summed E-state index contributed by atoms with van der Waals surface area (Å²) in [4.78, 5) is 14.2. The number of amides is 1. The number of ether oxygens (including phenoxy) is 2. The van der Waals surface area contributed by atoms with Crippen LogP contribution in [0.3, 0.4) is 0 Å². The van der Waals surface area contributed by atoms with Crippen LogP contribution in [-0.4, -0.2) is 54.6 Å². The summed E-state index contributed by atoms with van der Waals surface area (Å²) >= 11 is 0. The molecule has 29 heavy (non-hydrogen) atoms. The number of hydrogen-bond acceptors (Lipinski definition) is 5. The van der Waals surface area contributed by atoms with E-state index in [1.807, 2.05) is 45.0 Å². The molecule has 2 aliphatic heterocycles. The molecule has 0 bridgehead atoms. The van der Waals surface area contributed by atoms with Gasteiger partial charge in [-0.1, -0.05) is 12.1 Å². The van der Waals surface area contributed by atoms with Crippen molar-refractivity contribution in [3.63, 3.8) is 0 Å². The minimum atomic E-state index is -0.490. The lowest BCUT2D eigenvalue weighted by Crippen LogP contribution is -2.51. The zero-order valence-corrected chi connectivity index (χ0v) is 18.6. The fraction of sp³-hybridized carbons (Fsp3) is 0.682. The van der Waals surface area contributed by atoms with Crippen molar-refractivity contribution < 1.29 is 23.6 Å². The highest BCUT2D eigenvalue weighted by Gasteiger charge is 2.38. The molecule has 2 aliphatic rings. The molecule has 1 aromatic carbocycles. The van der Waals surface area contributed by atoms with E-state index >= 15 is 0 Å². The van der Waals surface area contributed by atoms with Crippen molar-refractivity contribution in [1.29, 1.82) is 0 Å². The molecule has 0 saturated carbocycles. The maximum Gasteiger partial charge on any atom is 0.494 e. The van der Waals surface area contributed by atoms with Gasteiger partial charge in [-0.3, -0.25) is 0 Å². The molecule has 0 radical (unpaired) electrons. The lowest BCUT2D eigenvalue weighted by molar-refractivity contribution is -0.0230. The molecule has 7 heteroatoms. The average molecular weight is 403 g/mol. The molecule has 0 aliphatic carbocycles. The number of benzene rings is 1. The number of rotatable bonds is 4. The van der Waals surface area contributed by atoms with Crippen LogP contribution in [0.5, 0.6) is 5.75 Å². The van der Waals surface area contributed by atoms with Crippen LogP contribution in [0, 0.1) is 0 Å². The molecular weight excluding hydrogens is 369 g/mol. The predicted octanol–water partition coefficient (Wildman–Crippen LogP) is 3.76. The molecule has 0 unspecified atom stereocenters. The Bertz CT molecular complexity index is 700. The summed E-state index contributed by atoms with van der Waals surface area (Å²) in [6, 6.07) is 7.86. The normalized spacial score (nSPS) is 24.5. The van der Waals surface area contributed by atoms with Gasteiger partial charge >= 0.3 is 13.2 Å². The maximum atomic E-state index is 12.4. The fourth-order valence-corrected chi connectivity index (χ4v) is 3.95. The Hall–Kier alpha value is -1.73. The average Bonchev–Trinajstić information content (AvgIpc) is 3.06. The Kier molecular flexibility index (Phi) is 6.49. The van der Waals surface area contributed by atoms with Crippen molar-refractivity contribution in [2.24, 2.45) is 0 Å². The summed E-state index contributed by atoms with van der Waals surface area (Å²) in [5.74, 6) is 0.771. The third kappa shape index (κ3) is 6.13. The smallest absolute Gasteiger partial charge is 0.491 e. The summed E-state index contributed by atoms with van der Waals surface area (Å²) in [5.41, 5.74) is 0.287. The van der Waals surface area contributed by atoms with Gasteiger partial charge in [-0.2, -0.15) is 0 Å². The van der Waals surface area contributed by atoms with Crippen molar-refractivity contribution in [3.8, 4) is 5.75 Å². The van der Waals surface area contributed by atoms with Crippen LogP contribution in [0.4, 0.5) is 4.79 Å². The third-order valence-corrected chi connectivity index (χ3v) is 5.16. The van der Waals surface area contributed by atoms with Gasteiger partial charge in [-0.25, -0.2) is 4.79 Å². The van der Waals surface area contributed by atoms with Gasteiger partial charge in [0.15, 0.2) is 0 Å². The molecule has 2 fully saturated rings. The van der Waals surface area contributed by atoms with Gasteiger partial charge in [0.2, 0.25) is 0 Å². The van der Waals surface area contributed by atoms with E-state index in [9.17, 15) is 4.79 Å². The van der Waals surface area contributed by atoms with Crippen LogP contribution in [0.15, 0.2) is 24.3 Å². The van der Waals surface area contributed by atoms with E-state index in [0.717, 1.165) is 30.5 Å². The van der Waals surface area contributed by atoms with Gasteiger partial charge in [0.05, 0.1) is 11.6 Å². The van der Waals surface area contributed by atoms with Crippen molar-refractivity contribution in [3.05, 3.63) is 24.3 Å². The minimum Gasteiger partial charge on any atom is -0.491 e. The molecule has 2 atom stereocenters. The zero-order chi connectivity index (χ0) is 21.2. The Labute approximate surface area is 175 Å². The van der Waals surface area contributed by atoms with Gasteiger partial charge in [0.1, 0.15) is 18.0 Å². The van der Waals surface area contributed by atoms with Crippen LogP contribution in [-0.2, 0) is 14.0 Å². The first-order valence-corrected chi connectivity index (χ1v) is 10.6. The van der Waals surface area contributed by atoms with Crippen molar-refractivity contribution >= 4 is 18.7 Å². The Morgan fingerprint density at radius 3 is 2.59 bits per heavy atom. The van der Waals surface area contributed by atoms with Gasteiger partial charge in [0, 0.05) is 12.6 Å². The molecule has 3 rings (SSSR count). The Morgan fingerprint density at radius 2 is 1.97 bits per heavy atom. The van der Waals surface area contributed by atoms with Crippen LogP contribution in [0.1, 0.15) is 60.8 Å². The standard InChI is InChI=1S/C22H34BNO5/c1-16-14-22(5,6)29-23(28-16)17-9-11-19(12-10-17)26-15-18-8-7-13-24(18)20(25)27-21(2,3)4/h9-12,16,18H,7-8,13-15H2,1-6H3/t16-,18+/m1/s1. The third-order valence-electron chi connectivity index (χ3n) is 5.16. The van der Waals surface area contributed by atoms with Gasteiger partial charge in [-0.05, 0) is 78.4 Å². The summed E-state index contributed by atoms with van der Waals surface area (Å²) in [5, 5.41) is 0. The number of likely N-dealkylation sites (tertiary alicyclic amines) is 1. The summed E-state index contributed by atoms with van der Waals surface area (Å²) in [7, 11) is -0.361. The molecule has 2 heterocycles. The van der Waals surface area contributed by atoms with E-state index in [-0.39, 0.29) is 31.0 Å². The van der Waals surface area contributed by atoms with E-state index in [4.69, 9.17) is 18.8 Å². The number of hydrogen-bond donors (Lipinski definition) is 0. The van der Waals surface area contributed by atoms with Crippen LogP contribution >= 0.6 is 0 Å². The molecule has 6 nitrogen and oxygen atoms in total. The first-order valence-electron chi connectivity index (χ1n) is 10.6. The largest absolute Gasteiger partial charge is 0.494 e. The van der Waals surface area contributed by atoms with E-state index < -0.39 is 5.60 Å². The highest BCUT2D eigenvalue weighted by atomic mass is 16.6. The van der Waals surface area contributed by atoms with Gasteiger partial charge in [-0.15, -0.1) is 0 Å². The molecular formula is C22H34BNO5. The van der Waals surface area contributed by atoms with Crippen LogP contribution in [0.25, 0.3) is 0 Å². The second kappa shape index (κ2) is 8.56. The second-order valence-corrected chi connectivity index (χ2v) is 9.71. The lowest BCUT2D eigenvalue weighted by atomic mass is 9.75. The topological polar surface area (TPSA) is 57.2 Å². The highest BCUT2D eigenvalue weighted by molar-refractivity contribution is 6.61. The fourth-order valence-electron chi connectivity index (χ4n) is 3.95. The Morgan fingerprint density at radius 1 is 1.28 bits per heavy atom. The Balaban J connectivity index is 1.55. The van der Waals surface area contributed by atoms with Crippen molar-refractivity contribution in [2.45, 2.75) is 84.2 Å². The summed E-state index contributed by atoms with van der Waals surface area (Å²) in [6.45, 7) is 13.1. The monoisotopic (exact) mass is 403 g/mol. The van der Waals surface area contributed by atoms with Crippen molar-refractivity contribution in [2.75, 3.05) is 13.2 Å². The molecule has 160 valence electrons. The first kappa shape index (κ1) is 22.0. The molecule has 1 aromatic rings. The van der Waals surface area contributed by atoms with Crippen LogP contribution in [0.2, 0.25) is 0 Å². The number of carbonyl (C=O) groups is 1. The molecule has 2 saturated heterocycles. The second-order valence-electron chi connectivity index (χ2n) is 9.71. The van der Waals surface area contributed by atoms with E-state index in [1.165, 1.54) is 0 Å². The molecule has 0 aromatic heterocycles. The lowest BCUT2D eigenvalue weighted by Gasteiger charge is -2.38. The molecule has 1 amide bonds. The van der Waals surface area contributed by atoms with Crippen molar-refractivity contribution in [1.82, 2.24) is 4.90 Å². The van der Waals surface area contributed by atoms with E-state index in [0.29, 0.717) is 13.2 Å². The quantitative estimate of drug-likeness (QED) is 0.717. The van der Waals surface area contributed by atoms with E-state index in [1.54, 1.807) is 4.90 Å². The number of nitrogens with zero attached hydrogens (tertiary/aromatic N) is 1. The number of carbonyl (C=O) groups excluding carboxylic acids is 1. The predicted molar refractivity (Wildman–Crippen MR) is 114 cm³/mol. The van der Waals surface area contributed by atoms with Gasteiger partial charge in [0.25, 0.3) is 0 Å². The SMILES string of the molecule is C[C@@H]1CC(C)(C)OB(c2ccc(OC[C@@H]3CCCN3C(=O)OC(C)(C)C)cc2)O1. The molecule has 0 spiro atoms. The summed E-state index contributed by atoms with van der Waals surface area (Å²) < 4.78 is 23.5. The van der Waals surface area contributed by atoms with Crippen LogP contribution < -0.4 is 10.2 Å². The molecule has 0 N–H and O–H groups in total. The van der Waals surface area contributed by atoms with E-state index in [2.05, 4.69) is 20.8 Å². The highest BCUT2D eigenvalue weighted by Crippen LogP contribution is 2.26. The summed E-state index contributed by atoms with van der Waals surface area (Å²) in [6.07, 6.45) is 2.66. The zero-order valence-electron chi connectivity index (χ0n) is 18.6. The van der Waals surface area contributed by atoms with Gasteiger partial charge < -0.3 is 23.7 Å². The minimum absolute atomic E-state index is 0.0381. The first-order chi connectivity index (χ1) is 13.5. The maximum absolute atomic E-state index is 12.4.